The zero-order valence-electron chi connectivity index (χ0n) is 25.1. The van der Waals surface area contributed by atoms with Crippen LogP contribution in [0.5, 0.6) is 0 Å². The van der Waals surface area contributed by atoms with E-state index in [-0.39, 0.29) is 12.3 Å². The third-order valence-electron chi connectivity index (χ3n) is 8.40. The number of carbonyl (C=O) groups is 2. The van der Waals surface area contributed by atoms with Gasteiger partial charge in [-0.15, -0.1) is 0 Å². The zero-order chi connectivity index (χ0) is 31.4. The predicted molar refractivity (Wildman–Crippen MR) is 174 cm³/mol. The summed E-state index contributed by atoms with van der Waals surface area (Å²) in [6.07, 6.45) is 3.17. The van der Waals surface area contributed by atoms with Gasteiger partial charge in [-0.05, 0) is 51.2 Å². The Morgan fingerprint density at radius 3 is 1.82 bits per heavy atom. The molecule has 0 aliphatic carbocycles. The van der Waals surface area contributed by atoms with E-state index in [2.05, 4.69) is 41.7 Å². The van der Waals surface area contributed by atoms with E-state index in [1.807, 2.05) is 83.6 Å². The molecule has 5 aromatic carbocycles. The lowest BCUT2D eigenvalue weighted by molar-refractivity contribution is -0.145. The first-order valence-corrected chi connectivity index (χ1v) is 14.7. The second kappa shape index (κ2) is 12.2. The van der Waals surface area contributed by atoms with Crippen LogP contribution in [0.2, 0.25) is 0 Å². The normalized spacial score (nSPS) is 12.8. The fraction of sp³-hybridized carbons (Fsp3) is 0.132. The van der Waals surface area contributed by atoms with E-state index in [0.717, 1.165) is 27.5 Å². The summed E-state index contributed by atoms with van der Waals surface area (Å²) in [5.74, 6) is -0.769. The highest BCUT2D eigenvalue weighted by Gasteiger charge is 2.42. The number of nitrogens with one attached hydrogen (secondary N) is 1. The molecule has 224 valence electrons. The maximum Gasteiger partial charge on any atom is 0.309 e. The second-order valence-electron chi connectivity index (χ2n) is 10.9. The third kappa shape index (κ3) is 5.28. The summed E-state index contributed by atoms with van der Waals surface area (Å²) in [6, 6.07) is 41.2. The molecule has 1 aromatic heterocycles. The van der Waals surface area contributed by atoms with E-state index >= 15 is 0 Å². The van der Waals surface area contributed by atoms with Crippen molar-refractivity contribution in [3.05, 3.63) is 173 Å². The molecule has 1 amide bonds. The highest BCUT2D eigenvalue weighted by Crippen LogP contribution is 2.42. The first-order valence-electron chi connectivity index (χ1n) is 14.7. The maximum atomic E-state index is 12.8. The number of aliphatic hydroxyl groups is 1. The van der Waals surface area contributed by atoms with E-state index in [9.17, 15) is 14.7 Å². The fourth-order valence-corrected chi connectivity index (χ4v) is 6.12. The van der Waals surface area contributed by atoms with Crippen LogP contribution in [-0.2, 0) is 20.7 Å². The number of fused-ring (bicyclic) bond motifs is 1. The van der Waals surface area contributed by atoms with Gasteiger partial charge in [-0.2, -0.15) is 0 Å². The summed E-state index contributed by atoms with van der Waals surface area (Å²) in [4.78, 5) is 29.8. The minimum absolute atomic E-state index is 0.188. The molecular weight excluding hydrogens is 562 g/mol. The van der Waals surface area contributed by atoms with Gasteiger partial charge in [0.25, 0.3) is 5.91 Å². The highest BCUT2D eigenvalue weighted by molar-refractivity contribution is 5.98. The van der Waals surface area contributed by atoms with Gasteiger partial charge in [-0.25, -0.2) is 4.98 Å². The molecule has 6 aromatic rings. The van der Waals surface area contributed by atoms with Crippen molar-refractivity contribution in [3.63, 3.8) is 0 Å². The second-order valence-corrected chi connectivity index (χ2v) is 10.9. The summed E-state index contributed by atoms with van der Waals surface area (Å²) >= 11 is 0. The van der Waals surface area contributed by atoms with Crippen LogP contribution < -0.4 is 5.32 Å². The smallest absolute Gasteiger partial charge is 0.309 e. The number of nitrogens with zero attached hydrogens (tertiary/aromatic N) is 2. The van der Waals surface area contributed by atoms with E-state index in [0.29, 0.717) is 16.8 Å². The monoisotopic (exact) mass is 595 g/mol. The molecule has 0 aliphatic rings. The Balaban J connectivity index is 1.56. The molecule has 0 fully saturated rings. The van der Waals surface area contributed by atoms with E-state index in [4.69, 9.17) is 9.72 Å². The summed E-state index contributed by atoms with van der Waals surface area (Å²) in [5, 5.41) is 16.7. The molecule has 0 saturated heterocycles. The van der Waals surface area contributed by atoms with Crippen LogP contribution in [-0.4, -0.2) is 40.7 Å². The van der Waals surface area contributed by atoms with Crippen molar-refractivity contribution in [2.24, 2.45) is 0 Å². The molecular formula is C38H33N3O4. The summed E-state index contributed by atoms with van der Waals surface area (Å²) < 4.78 is 7.04. The lowest BCUT2D eigenvalue weighted by Crippen LogP contribution is -2.37. The first-order chi connectivity index (χ1) is 21.9. The Kier molecular flexibility index (Phi) is 8.02. The Labute approximate surface area is 261 Å². The van der Waals surface area contributed by atoms with Crippen LogP contribution >= 0.6 is 0 Å². The Morgan fingerprint density at radius 2 is 1.29 bits per heavy atom. The standard InChI is InChI=1S/C38H33N3O4/c1-39-36(43)29-19-18-28-23-33(21-20-27(28)22-29)37(44,24-35(42)45-2)34-25-41(26-40-34)38(30-12-6-3-7-13-30,31-14-8-4-9-15-31)32-16-10-5-11-17-32/h3-23,25-26,44H,24H2,1-2H3,(H,39,43). The number of hydrogen-bond donors (Lipinski definition) is 2. The quantitative estimate of drug-likeness (QED) is 0.157. The molecule has 2 N–H and O–H groups in total. The third-order valence-corrected chi connectivity index (χ3v) is 8.40. The topological polar surface area (TPSA) is 93.5 Å². The number of esters is 1. The number of benzene rings is 5. The van der Waals surface area contributed by atoms with Gasteiger partial charge in [0.05, 0.1) is 25.6 Å². The van der Waals surface area contributed by atoms with E-state index in [1.54, 1.807) is 31.6 Å². The predicted octanol–water partition coefficient (Wildman–Crippen LogP) is 6.04. The lowest BCUT2D eigenvalue weighted by atomic mass is 9.76. The van der Waals surface area contributed by atoms with Gasteiger partial charge < -0.3 is 19.7 Å². The molecule has 1 unspecified atom stereocenters. The van der Waals surface area contributed by atoms with Gasteiger partial charge in [0.1, 0.15) is 11.1 Å². The van der Waals surface area contributed by atoms with Crippen LogP contribution in [0.3, 0.4) is 0 Å². The molecule has 0 bridgehead atoms. The number of aromatic nitrogens is 2. The molecule has 0 saturated carbocycles. The van der Waals surface area contributed by atoms with Crippen molar-refractivity contribution in [3.8, 4) is 0 Å². The minimum atomic E-state index is -1.82. The first kappa shape index (κ1) is 29.5. The van der Waals surface area contributed by atoms with Crippen molar-refractivity contribution in [1.29, 1.82) is 0 Å². The van der Waals surface area contributed by atoms with Crippen LogP contribution in [0.1, 0.15) is 44.7 Å². The summed E-state index contributed by atoms with van der Waals surface area (Å²) in [6.45, 7) is 0. The Hall–Kier alpha value is -5.53. The van der Waals surface area contributed by atoms with Crippen molar-refractivity contribution >= 4 is 22.6 Å². The molecule has 1 atom stereocenters. The van der Waals surface area contributed by atoms with E-state index in [1.165, 1.54) is 7.11 Å². The number of ether oxygens (including phenoxy) is 1. The SMILES string of the molecule is CNC(=O)c1ccc2cc(C(O)(CC(=O)OC)c3cn(C(c4ccccc4)(c4ccccc4)c4ccccc4)cn3)ccc2c1. The Morgan fingerprint density at radius 1 is 0.756 bits per heavy atom. The van der Waals surface area contributed by atoms with Crippen LogP contribution in [0.4, 0.5) is 0 Å². The van der Waals surface area contributed by atoms with Gasteiger partial charge in [-0.1, -0.05) is 109 Å². The van der Waals surface area contributed by atoms with Crippen molar-refractivity contribution < 1.29 is 19.4 Å². The average molecular weight is 596 g/mol. The molecule has 0 spiro atoms. The molecule has 0 radical (unpaired) electrons. The van der Waals surface area contributed by atoms with Gasteiger partial charge in [-0.3, -0.25) is 9.59 Å². The molecule has 7 heteroatoms. The number of methoxy groups -OCH3 is 1. The van der Waals surface area contributed by atoms with Crippen LogP contribution in [0.15, 0.2) is 140 Å². The molecule has 45 heavy (non-hydrogen) atoms. The van der Waals surface area contributed by atoms with Crippen molar-refractivity contribution in [2.45, 2.75) is 17.6 Å². The lowest BCUT2D eigenvalue weighted by Gasteiger charge is -2.37. The average Bonchev–Trinajstić information content (AvgIpc) is 3.60. The van der Waals surface area contributed by atoms with Gasteiger partial charge in [0, 0.05) is 18.8 Å². The van der Waals surface area contributed by atoms with Crippen molar-refractivity contribution in [1.82, 2.24) is 14.9 Å². The zero-order valence-corrected chi connectivity index (χ0v) is 25.1. The summed E-state index contributed by atoms with van der Waals surface area (Å²) in [5.41, 5.74) is 1.63. The number of hydrogen-bond acceptors (Lipinski definition) is 5. The van der Waals surface area contributed by atoms with Crippen molar-refractivity contribution in [2.75, 3.05) is 14.2 Å². The number of carbonyl (C=O) groups excluding carboxylic acids is 2. The molecule has 6 rings (SSSR count). The van der Waals surface area contributed by atoms with E-state index < -0.39 is 17.1 Å². The minimum Gasteiger partial charge on any atom is -0.469 e. The molecule has 0 aliphatic heterocycles. The molecule has 1 heterocycles. The number of imidazole rings is 1. The highest BCUT2D eigenvalue weighted by atomic mass is 16.5. The fourth-order valence-electron chi connectivity index (χ4n) is 6.12. The number of rotatable bonds is 9. The maximum absolute atomic E-state index is 12.8. The number of amides is 1. The van der Waals surface area contributed by atoms with Gasteiger partial charge >= 0.3 is 5.97 Å². The van der Waals surface area contributed by atoms with Crippen LogP contribution in [0.25, 0.3) is 10.8 Å². The molecule has 7 nitrogen and oxygen atoms in total. The van der Waals surface area contributed by atoms with Crippen LogP contribution in [0, 0.1) is 0 Å². The van der Waals surface area contributed by atoms with Gasteiger partial charge in [0.15, 0.2) is 0 Å². The summed E-state index contributed by atoms with van der Waals surface area (Å²) in [7, 11) is 2.89. The van der Waals surface area contributed by atoms with Gasteiger partial charge in [0.2, 0.25) is 0 Å². The largest absolute Gasteiger partial charge is 0.469 e. The Bertz CT molecular complexity index is 1860.